The monoisotopic (exact) mass is 246 g/mol. The lowest BCUT2D eigenvalue weighted by atomic mass is 10.1. The molecule has 1 aliphatic rings. The Morgan fingerprint density at radius 2 is 2.06 bits per heavy atom. The molecule has 2 rings (SSSR count). The van der Waals surface area contributed by atoms with E-state index >= 15 is 0 Å². The van der Waals surface area contributed by atoms with Crippen molar-refractivity contribution in [3.05, 3.63) is 29.3 Å². The van der Waals surface area contributed by atoms with Crippen LogP contribution >= 0.6 is 0 Å². The van der Waals surface area contributed by atoms with E-state index in [1.165, 1.54) is 0 Å². The molecule has 0 bridgehead atoms. The van der Waals surface area contributed by atoms with Crippen LogP contribution in [0.2, 0.25) is 0 Å². The number of carbonyl (C=O) groups is 3. The van der Waals surface area contributed by atoms with Crippen molar-refractivity contribution in [3.63, 3.8) is 0 Å². The van der Waals surface area contributed by atoms with Gasteiger partial charge in [-0.3, -0.25) is 14.4 Å². The van der Waals surface area contributed by atoms with Crippen LogP contribution in [-0.4, -0.2) is 23.5 Å². The fourth-order valence-corrected chi connectivity index (χ4v) is 2.06. The minimum atomic E-state index is -1.11. The first-order valence-corrected chi connectivity index (χ1v) is 5.82. The molecule has 1 aliphatic carbocycles. The maximum Gasteiger partial charge on any atom is 0.220 e. The number of ketones is 2. The quantitative estimate of drug-likeness (QED) is 0.613. The zero-order chi connectivity index (χ0) is 13.3. The van der Waals surface area contributed by atoms with Gasteiger partial charge in [-0.05, 0) is 12.5 Å². The lowest BCUT2D eigenvalue weighted by Crippen LogP contribution is -2.42. The lowest BCUT2D eigenvalue weighted by molar-refractivity contribution is -0.121. The number of hydrogen-bond acceptors (Lipinski definition) is 4. The number of nitrogens with one attached hydrogen (secondary N) is 1. The van der Waals surface area contributed by atoms with Crippen LogP contribution in [-0.2, 0) is 4.79 Å². The van der Waals surface area contributed by atoms with E-state index in [4.69, 9.17) is 5.73 Å². The van der Waals surface area contributed by atoms with E-state index in [0.717, 1.165) is 0 Å². The first-order chi connectivity index (χ1) is 8.56. The summed E-state index contributed by atoms with van der Waals surface area (Å²) in [6, 6.07) is 3.64. The lowest BCUT2D eigenvalue weighted by Gasteiger charge is -2.09. The van der Waals surface area contributed by atoms with E-state index in [1.54, 1.807) is 18.2 Å². The molecule has 0 aromatic heterocycles. The molecular weight excluding hydrogens is 232 g/mol. The van der Waals surface area contributed by atoms with Gasteiger partial charge in [-0.15, -0.1) is 0 Å². The molecule has 0 saturated heterocycles. The number of fused-ring (bicyclic) bond motifs is 1. The van der Waals surface area contributed by atoms with Gasteiger partial charge < -0.3 is 11.1 Å². The molecule has 3 N–H and O–H groups in total. The van der Waals surface area contributed by atoms with Crippen molar-refractivity contribution in [3.8, 4) is 0 Å². The summed E-state index contributed by atoms with van der Waals surface area (Å²) < 4.78 is 0. The second-order valence-corrected chi connectivity index (χ2v) is 4.25. The van der Waals surface area contributed by atoms with E-state index in [2.05, 4.69) is 5.32 Å². The number of benzene rings is 1. The molecule has 1 aromatic rings. The number of amides is 1. The van der Waals surface area contributed by atoms with E-state index in [9.17, 15) is 14.4 Å². The third-order valence-electron chi connectivity index (χ3n) is 2.92. The third-order valence-corrected chi connectivity index (χ3v) is 2.92. The number of carbonyl (C=O) groups excluding carboxylic acids is 3. The SMILES string of the molecule is CCCC(=O)NC1C(=O)c2cccc(N)c2C1=O. The smallest absolute Gasteiger partial charge is 0.220 e. The summed E-state index contributed by atoms with van der Waals surface area (Å²) in [6.45, 7) is 1.85. The molecular formula is C13H14N2O3. The van der Waals surface area contributed by atoms with Crippen LogP contribution in [0.1, 0.15) is 40.5 Å². The highest BCUT2D eigenvalue weighted by Crippen LogP contribution is 2.27. The summed E-state index contributed by atoms with van der Waals surface area (Å²) in [5, 5.41) is 2.46. The molecule has 5 heteroatoms. The highest BCUT2D eigenvalue weighted by molar-refractivity contribution is 6.31. The Balaban J connectivity index is 2.29. The maximum atomic E-state index is 12.1. The van der Waals surface area contributed by atoms with Crippen molar-refractivity contribution in [2.45, 2.75) is 25.8 Å². The van der Waals surface area contributed by atoms with Gasteiger partial charge in [-0.2, -0.15) is 0 Å². The predicted molar refractivity (Wildman–Crippen MR) is 66.4 cm³/mol. The predicted octanol–water partition coefficient (Wildman–Crippen LogP) is 0.933. The van der Waals surface area contributed by atoms with Gasteiger partial charge in [-0.25, -0.2) is 0 Å². The zero-order valence-corrected chi connectivity index (χ0v) is 10.0. The number of hydrogen-bond donors (Lipinski definition) is 2. The maximum absolute atomic E-state index is 12.1. The molecule has 1 amide bonds. The summed E-state index contributed by atoms with van der Waals surface area (Å²) in [6.07, 6.45) is 0.957. The minimum absolute atomic E-state index is 0.226. The molecule has 0 radical (unpaired) electrons. The number of Topliss-reactive ketones (excluding diaryl/α,β-unsaturated/α-hetero) is 2. The summed E-state index contributed by atoms with van der Waals surface area (Å²) in [7, 11) is 0. The summed E-state index contributed by atoms with van der Waals surface area (Å²) in [5.74, 6) is -1.10. The molecule has 0 heterocycles. The second kappa shape index (κ2) is 4.60. The van der Waals surface area contributed by atoms with Crippen molar-refractivity contribution in [2.75, 3.05) is 5.73 Å². The molecule has 0 saturated carbocycles. The van der Waals surface area contributed by atoms with E-state index in [0.29, 0.717) is 18.4 Å². The molecule has 18 heavy (non-hydrogen) atoms. The molecule has 1 aromatic carbocycles. The van der Waals surface area contributed by atoms with Crippen molar-refractivity contribution < 1.29 is 14.4 Å². The number of nitrogen functional groups attached to an aromatic ring is 1. The van der Waals surface area contributed by atoms with Crippen molar-refractivity contribution in [2.24, 2.45) is 0 Å². The van der Waals surface area contributed by atoms with Gasteiger partial charge >= 0.3 is 0 Å². The van der Waals surface area contributed by atoms with Crippen molar-refractivity contribution in [1.29, 1.82) is 0 Å². The Labute approximate surface area is 104 Å². The second-order valence-electron chi connectivity index (χ2n) is 4.25. The molecule has 5 nitrogen and oxygen atoms in total. The fraction of sp³-hybridized carbons (Fsp3) is 0.308. The van der Waals surface area contributed by atoms with Gasteiger partial charge in [0.2, 0.25) is 5.91 Å². The van der Waals surface area contributed by atoms with Gasteiger partial charge in [0.25, 0.3) is 0 Å². The highest BCUT2D eigenvalue weighted by atomic mass is 16.2. The van der Waals surface area contributed by atoms with Gasteiger partial charge in [-0.1, -0.05) is 19.1 Å². The van der Waals surface area contributed by atoms with Crippen molar-refractivity contribution in [1.82, 2.24) is 5.32 Å². The molecule has 1 unspecified atom stereocenters. The number of anilines is 1. The van der Waals surface area contributed by atoms with Crippen molar-refractivity contribution >= 4 is 23.2 Å². The normalized spacial score (nSPS) is 17.7. The Kier molecular flexibility index (Phi) is 3.14. The van der Waals surface area contributed by atoms with Crippen LogP contribution in [0.5, 0.6) is 0 Å². The number of nitrogens with two attached hydrogens (primary N) is 1. The average molecular weight is 246 g/mol. The highest BCUT2D eigenvalue weighted by Gasteiger charge is 2.40. The largest absolute Gasteiger partial charge is 0.398 e. The van der Waals surface area contributed by atoms with Gasteiger partial charge in [0.15, 0.2) is 17.6 Å². The summed E-state index contributed by atoms with van der Waals surface area (Å²) in [4.78, 5) is 35.5. The van der Waals surface area contributed by atoms with Crippen LogP contribution in [0.25, 0.3) is 0 Å². The van der Waals surface area contributed by atoms with Crippen LogP contribution < -0.4 is 11.1 Å². The summed E-state index contributed by atoms with van der Waals surface area (Å²) in [5.41, 5.74) is 6.49. The average Bonchev–Trinajstić information content (AvgIpc) is 2.56. The molecule has 0 aliphatic heterocycles. The zero-order valence-electron chi connectivity index (χ0n) is 10.0. The van der Waals surface area contributed by atoms with E-state index < -0.39 is 11.8 Å². The Bertz CT molecular complexity index is 537. The Hall–Kier alpha value is -2.17. The Morgan fingerprint density at radius 1 is 1.33 bits per heavy atom. The molecule has 1 atom stereocenters. The fourth-order valence-electron chi connectivity index (χ4n) is 2.06. The molecule has 0 fully saturated rings. The van der Waals surface area contributed by atoms with Gasteiger partial charge in [0.1, 0.15) is 0 Å². The number of rotatable bonds is 3. The summed E-state index contributed by atoms with van der Waals surface area (Å²) >= 11 is 0. The molecule has 94 valence electrons. The molecule has 0 spiro atoms. The Morgan fingerprint density at radius 3 is 2.67 bits per heavy atom. The van der Waals surface area contributed by atoms with Crippen LogP contribution in [0.4, 0.5) is 5.69 Å². The first kappa shape index (κ1) is 12.3. The third kappa shape index (κ3) is 1.88. The first-order valence-electron chi connectivity index (χ1n) is 5.82. The topological polar surface area (TPSA) is 89.3 Å². The minimum Gasteiger partial charge on any atom is -0.398 e. The van der Waals surface area contributed by atoms with E-state index in [1.807, 2.05) is 6.92 Å². The van der Waals surface area contributed by atoms with Crippen LogP contribution in [0.3, 0.4) is 0 Å². The van der Waals surface area contributed by atoms with Gasteiger partial charge in [0, 0.05) is 17.7 Å². The van der Waals surface area contributed by atoms with Crippen LogP contribution in [0, 0.1) is 0 Å². The van der Waals surface area contributed by atoms with Crippen LogP contribution in [0.15, 0.2) is 18.2 Å². The standard InChI is InChI=1S/C13H14N2O3/c1-2-4-9(16)15-11-12(17)7-5-3-6-8(14)10(7)13(11)18/h3,5-6,11H,2,4,14H2,1H3,(H,15,16). The van der Waals surface area contributed by atoms with Gasteiger partial charge in [0.05, 0.1) is 5.56 Å². The van der Waals surface area contributed by atoms with E-state index in [-0.39, 0.29) is 22.9 Å².